The minimum atomic E-state index is -0.404. The molecule has 0 aliphatic carbocycles. The van der Waals surface area contributed by atoms with E-state index in [4.69, 9.17) is 0 Å². The van der Waals surface area contributed by atoms with Crippen LogP contribution in [0.5, 0.6) is 5.75 Å². The molecule has 0 bridgehead atoms. The number of hydrogen-bond acceptors (Lipinski definition) is 2. The molecule has 0 spiro atoms. The smallest absolute Gasteiger partial charge is 0.172 e. The number of Topliss-reactive ketones (excluding diaryl/α,β-unsaturated/α-hetero) is 1. The van der Waals surface area contributed by atoms with Crippen LogP contribution in [0.2, 0.25) is 0 Å². The van der Waals surface area contributed by atoms with Crippen LogP contribution in [0.25, 0.3) is 0 Å². The lowest BCUT2D eigenvalue weighted by atomic mass is 9.82. The van der Waals surface area contributed by atoms with E-state index in [0.717, 1.165) is 6.42 Å². The highest BCUT2D eigenvalue weighted by Gasteiger charge is 2.27. The predicted molar refractivity (Wildman–Crippen MR) is 56.5 cm³/mol. The monoisotopic (exact) mass is 192 g/mol. The van der Waals surface area contributed by atoms with Gasteiger partial charge in [-0.3, -0.25) is 4.79 Å². The van der Waals surface area contributed by atoms with Gasteiger partial charge in [0.1, 0.15) is 5.75 Å². The van der Waals surface area contributed by atoms with Crippen molar-refractivity contribution in [2.75, 3.05) is 0 Å². The maximum atomic E-state index is 12.0. The molecule has 0 aromatic heterocycles. The standard InChI is InChI=1S/C12H16O2/c1-4-12(2,3)11(14)9-7-5-6-8-10(9)13/h5-8,13H,4H2,1-3H3. The lowest BCUT2D eigenvalue weighted by molar-refractivity contribution is 0.0830. The van der Waals surface area contributed by atoms with Crippen LogP contribution in [0.3, 0.4) is 0 Å². The second-order valence-electron chi connectivity index (χ2n) is 4.08. The van der Waals surface area contributed by atoms with Crippen LogP contribution < -0.4 is 0 Å². The fraction of sp³-hybridized carbons (Fsp3) is 0.417. The van der Waals surface area contributed by atoms with E-state index in [1.807, 2.05) is 20.8 Å². The lowest BCUT2D eigenvalue weighted by Gasteiger charge is -2.21. The van der Waals surface area contributed by atoms with Gasteiger partial charge in [-0.2, -0.15) is 0 Å². The highest BCUT2D eigenvalue weighted by atomic mass is 16.3. The molecular formula is C12H16O2. The van der Waals surface area contributed by atoms with Gasteiger partial charge in [0.2, 0.25) is 0 Å². The van der Waals surface area contributed by atoms with Crippen LogP contribution in [0.15, 0.2) is 24.3 Å². The van der Waals surface area contributed by atoms with Crippen molar-refractivity contribution in [1.29, 1.82) is 0 Å². The lowest BCUT2D eigenvalue weighted by Crippen LogP contribution is -2.23. The Hall–Kier alpha value is -1.31. The number of phenolic OH excluding ortho intramolecular Hbond substituents is 1. The van der Waals surface area contributed by atoms with E-state index in [1.54, 1.807) is 24.3 Å². The van der Waals surface area contributed by atoms with Crippen molar-refractivity contribution in [2.45, 2.75) is 27.2 Å². The van der Waals surface area contributed by atoms with Crippen LogP contribution in [0.4, 0.5) is 0 Å². The molecule has 0 saturated heterocycles. The molecule has 14 heavy (non-hydrogen) atoms. The zero-order valence-corrected chi connectivity index (χ0v) is 8.87. The Morgan fingerprint density at radius 1 is 1.36 bits per heavy atom. The molecule has 1 rings (SSSR count). The summed E-state index contributed by atoms with van der Waals surface area (Å²) in [6, 6.07) is 6.68. The van der Waals surface area contributed by atoms with E-state index in [-0.39, 0.29) is 11.5 Å². The van der Waals surface area contributed by atoms with E-state index in [9.17, 15) is 9.90 Å². The fourth-order valence-electron chi connectivity index (χ4n) is 1.19. The minimum Gasteiger partial charge on any atom is -0.507 e. The van der Waals surface area contributed by atoms with Crippen LogP contribution in [-0.4, -0.2) is 10.9 Å². The van der Waals surface area contributed by atoms with Gasteiger partial charge in [0.15, 0.2) is 5.78 Å². The number of ketones is 1. The Kier molecular flexibility index (Phi) is 2.94. The van der Waals surface area contributed by atoms with Crippen LogP contribution in [0.1, 0.15) is 37.6 Å². The van der Waals surface area contributed by atoms with Crippen molar-refractivity contribution < 1.29 is 9.90 Å². The number of carbonyl (C=O) groups excluding carboxylic acids is 1. The van der Waals surface area contributed by atoms with Gasteiger partial charge >= 0.3 is 0 Å². The number of rotatable bonds is 3. The van der Waals surface area contributed by atoms with Crippen molar-refractivity contribution in [3.8, 4) is 5.75 Å². The first kappa shape index (κ1) is 10.8. The number of phenols is 1. The summed E-state index contributed by atoms with van der Waals surface area (Å²) in [5, 5.41) is 9.52. The first-order valence-corrected chi connectivity index (χ1v) is 4.82. The van der Waals surface area contributed by atoms with Crippen LogP contribution in [0, 0.1) is 5.41 Å². The molecule has 2 heteroatoms. The molecule has 1 N–H and O–H groups in total. The van der Waals surface area contributed by atoms with E-state index in [0.29, 0.717) is 5.56 Å². The Morgan fingerprint density at radius 3 is 2.43 bits per heavy atom. The van der Waals surface area contributed by atoms with Gasteiger partial charge < -0.3 is 5.11 Å². The quantitative estimate of drug-likeness (QED) is 0.747. The topological polar surface area (TPSA) is 37.3 Å². The SMILES string of the molecule is CCC(C)(C)C(=O)c1ccccc1O. The van der Waals surface area contributed by atoms with Gasteiger partial charge in [0.05, 0.1) is 5.56 Å². The summed E-state index contributed by atoms with van der Waals surface area (Å²) in [5.74, 6) is 0.0668. The summed E-state index contributed by atoms with van der Waals surface area (Å²) in [5.41, 5.74) is 0.0121. The van der Waals surface area contributed by atoms with Gasteiger partial charge in [0, 0.05) is 5.41 Å². The zero-order chi connectivity index (χ0) is 10.8. The summed E-state index contributed by atoms with van der Waals surface area (Å²) in [6.45, 7) is 5.75. The molecular weight excluding hydrogens is 176 g/mol. The van der Waals surface area contributed by atoms with Gasteiger partial charge in [-0.15, -0.1) is 0 Å². The maximum Gasteiger partial charge on any atom is 0.172 e. The fourth-order valence-corrected chi connectivity index (χ4v) is 1.19. The third-order valence-electron chi connectivity index (χ3n) is 2.65. The van der Waals surface area contributed by atoms with Crippen molar-refractivity contribution >= 4 is 5.78 Å². The third-order valence-corrected chi connectivity index (χ3v) is 2.65. The van der Waals surface area contributed by atoms with E-state index >= 15 is 0 Å². The van der Waals surface area contributed by atoms with Gasteiger partial charge in [-0.1, -0.05) is 32.9 Å². The highest BCUT2D eigenvalue weighted by Crippen LogP contribution is 2.29. The molecule has 0 radical (unpaired) electrons. The molecule has 0 amide bonds. The molecule has 1 aromatic carbocycles. The van der Waals surface area contributed by atoms with Crippen LogP contribution in [-0.2, 0) is 0 Å². The second-order valence-corrected chi connectivity index (χ2v) is 4.08. The van der Waals surface area contributed by atoms with Crippen molar-refractivity contribution in [3.05, 3.63) is 29.8 Å². The summed E-state index contributed by atoms with van der Waals surface area (Å²) < 4.78 is 0. The summed E-state index contributed by atoms with van der Waals surface area (Å²) in [7, 11) is 0. The summed E-state index contributed by atoms with van der Waals surface area (Å²) in [4.78, 5) is 12.0. The molecule has 0 fully saturated rings. The first-order valence-electron chi connectivity index (χ1n) is 4.82. The Morgan fingerprint density at radius 2 is 1.93 bits per heavy atom. The van der Waals surface area contributed by atoms with Gasteiger partial charge in [0.25, 0.3) is 0 Å². The Balaban J connectivity index is 3.07. The first-order chi connectivity index (χ1) is 6.49. The molecule has 2 nitrogen and oxygen atoms in total. The number of carbonyl (C=O) groups is 1. The van der Waals surface area contributed by atoms with E-state index in [2.05, 4.69) is 0 Å². The molecule has 0 aliphatic rings. The number of benzene rings is 1. The summed E-state index contributed by atoms with van der Waals surface area (Å²) in [6.07, 6.45) is 0.764. The molecule has 0 heterocycles. The molecule has 76 valence electrons. The third kappa shape index (κ3) is 1.95. The molecule has 0 saturated carbocycles. The molecule has 0 atom stereocenters. The number of aromatic hydroxyl groups is 1. The van der Waals surface area contributed by atoms with Crippen molar-refractivity contribution in [3.63, 3.8) is 0 Å². The van der Waals surface area contributed by atoms with Gasteiger partial charge in [-0.25, -0.2) is 0 Å². The molecule has 0 unspecified atom stereocenters. The summed E-state index contributed by atoms with van der Waals surface area (Å²) >= 11 is 0. The maximum absolute atomic E-state index is 12.0. The highest BCUT2D eigenvalue weighted by molar-refractivity contribution is 6.02. The number of para-hydroxylation sites is 1. The Bertz CT molecular complexity index is 340. The average molecular weight is 192 g/mol. The van der Waals surface area contributed by atoms with Crippen molar-refractivity contribution in [2.24, 2.45) is 5.41 Å². The predicted octanol–water partition coefficient (Wildman–Crippen LogP) is 3.01. The van der Waals surface area contributed by atoms with Gasteiger partial charge in [-0.05, 0) is 18.6 Å². The average Bonchev–Trinajstić information content (AvgIpc) is 2.17. The van der Waals surface area contributed by atoms with Crippen molar-refractivity contribution in [1.82, 2.24) is 0 Å². The normalized spacial score (nSPS) is 11.4. The second kappa shape index (κ2) is 3.82. The molecule has 0 aliphatic heterocycles. The van der Waals surface area contributed by atoms with E-state index in [1.165, 1.54) is 0 Å². The zero-order valence-electron chi connectivity index (χ0n) is 8.87. The minimum absolute atomic E-state index is 0.00176. The van der Waals surface area contributed by atoms with Crippen LogP contribution >= 0.6 is 0 Å². The molecule has 1 aromatic rings. The number of hydrogen-bond donors (Lipinski definition) is 1. The largest absolute Gasteiger partial charge is 0.507 e. The Labute approximate surface area is 84.6 Å². The van der Waals surface area contributed by atoms with E-state index < -0.39 is 5.41 Å².